The summed E-state index contributed by atoms with van der Waals surface area (Å²) >= 11 is 1.85. The quantitative estimate of drug-likeness (QED) is 0.757. The van der Waals surface area contributed by atoms with Gasteiger partial charge in [0.1, 0.15) is 11.4 Å². The van der Waals surface area contributed by atoms with Gasteiger partial charge in [-0.15, -0.1) is 11.3 Å². The van der Waals surface area contributed by atoms with E-state index in [1.165, 1.54) is 10.4 Å². The molecule has 1 aliphatic heterocycles. The Hall–Kier alpha value is -1.85. The van der Waals surface area contributed by atoms with Gasteiger partial charge in [0.15, 0.2) is 0 Å². The number of rotatable bonds is 3. The lowest BCUT2D eigenvalue weighted by Crippen LogP contribution is -2.51. The maximum Gasteiger partial charge on any atom is 0.219 e. The van der Waals surface area contributed by atoms with Crippen LogP contribution in [0.25, 0.3) is 0 Å². The highest BCUT2D eigenvalue weighted by molar-refractivity contribution is 7.10. The van der Waals surface area contributed by atoms with Gasteiger partial charge in [-0.05, 0) is 62.7 Å². The molecule has 4 rings (SSSR count). The Labute approximate surface area is 172 Å². The van der Waals surface area contributed by atoms with Crippen LogP contribution >= 0.6 is 11.3 Å². The Kier molecular flexibility index (Phi) is 5.48. The molecule has 4 nitrogen and oxygen atoms in total. The van der Waals surface area contributed by atoms with E-state index in [9.17, 15) is 4.79 Å². The molecule has 0 N–H and O–H groups in total. The van der Waals surface area contributed by atoms with Crippen molar-refractivity contribution in [2.45, 2.75) is 64.3 Å². The predicted octanol–water partition coefficient (Wildman–Crippen LogP) is 4.61. The first kappa shape index (κ1) is 19.5. The van der Waals surface area contributed by atoms with Crippen LogP contribution in [-0.2, 0) is 17.9 Å². The summed E-state index contributed by atoms with van der Waals surface area (Å²) in [6.07, 6.45) is 4.19. The number of thiophene rings is 1. The zero-order valence-electron chi connectivity index (χ0n) is 17.1. The van der Waals surface area contributed by atoms with Crippen LogP contribution in [0, 0.1) is 6.92 Å². The van der Waals surface area contributed by atoms with Crippen molar-refractivity contribution in [3.63, 3.8) is 0 Å². The molecule has 1 saturated carbocycles. The Morgan fingerprint density at radius 2 is 2.04 bits per heavy atom. The van der Waals surface area contributed by atoms with Crippen LogP contribution in [0.4, 0.5) is 0 Å². The van der Waals surface area contributed by atoms with Crippen molar-refractivity contribution in [3.8, 4) is 5.75 Å². The molecule has 28 heavy (non-hydrogen) atoms. The Morgan fingerprint density at radius 1 is 1.29 bits per heavy atom. The zero-order chi connectivity index (χ0) is 19.7. The van der Waals surface area contributed by atoms with Crippen molar-refractivity contribution in [2.75, 3.05) is 13.6 Å². The fourth-order valence-corrected chi connectivity index (χ4v) is 5.55. The van der Waals surface area contributed by atoms with Crippen molar-refractivity contribution in [1.29, 1.82) is 0 Å². The van der Waals surface area contributed by atoms with Crippen LogP contribution in [0.3, 0.4) is 0 Å². The lowest BCUT2D eigenvalue weighted by molar-refractivity contribution is -0.132. The minimum absolute atomic E-state index is 0.132. The van der Waals surface area contributed by atoms with Crippen LogP contribution in [-0.4, -0.2) is 40.9 Å². The number of aryl methyl sites for hydroxylation is 1. The molecule has 0 unspecified atom stereocenters. The van der Waals surface area contributed by atoms with Crippen molar-refractivity contribution in [3.05, 3.63) is 51.7 Å². The number of benzene rings is 1. The summed E-state index contributed by atoms with van der Waals surface area (Å²) in [5.74, 6) is 1.08. The highest BCUT2D eigenvalue weighted by Gasteiger charge is 2.42. The van der Waals surface area contributed by atoms with E-state index in [2.05, 4.69) is 42.5 Å². The van der Waals surface area contributed by atoms with Crippen molar-refractivity contribution < 1.29 is 9.53 Å². The maximum atomic E-state index is 12.2. The second-order valence-corrected chi connectivity index (χ2v) is 9.44. The van der Waals surface area contributed by atoms with Gasteiger partial charge in [0.05, 0.1) is 6.54 Å². The van der Waals surface area contributed by atoms with E-state index in [0.29, 0.717) is 19.1 Å². The largest absolute Gasteiger partial charge is 0.485 e. The van der Waals surface area contributed by atoms with Gasteiger partial charge in [0.2, 0.25) is 5.91 Å². The van der Waals surface area contributed by atoms with Gasteiger partial charge in [-0.1, -0.05) is 18.2 Å². The molecular formula is C23H30N2O2S. The fraction of sp³-hybridized carbons (Fsp3) is 0.522. The first-order valence-corrected chi connectivity index (χ1v) is 11.1. The number of nitrogens with zero attached hydrogens (tertiary/aromatic N) is 2. The number of para-hydroxylation sites is 1. The smallest absolute Gasteiger partial charge is 0.219 e. The van der Waals surface area contributed by atoms with E-state index < -0.39 is 0 Å². The van der Waals surface area contributed by atoms with Crippen molar-refractivity contribution >= 4 is 17.2 Å². The lowest BCUT2D eigenvalue weighted by atomic mass is 9.81. The molecule has 2 aliphatic rings. The van der Waals surface area contributed by atoms with Gasteiger partial charge in [-0.25, -0.2) is 0 Å². The lowest BCUT2D eigenvalue weighted by Gasteiger charge is -2.43. The van der Waals surface area contributed by atoms with Gasteiger partial charge in [-0.3, -0.25) is 9.69 Å². The third kappa shape index (κ3) is 3.96. The standard InChI is InChI=1S/C23H30N2O2S/c1-17-10-13-28-22(17)15-24(3)20-8-11-23(12-9-20)16-25(18(2)26)14-19-6-4-5-7-21(19)27-23/h4-7,10,13,20H,8-9,11-12,14-16H2,1-3H3. The summed E-state index contributed by atoms with van der Waals surface area (Å²) in [4.78, 5) is 18.2. The molecule has 2 heterocycles. The number of carbonyl (C=O) groups excluding carboxylic acids is 1. The molecule has 0 saturated heterocycles. The second-order valence-electron chi connectivity index (χ2n) is 8.44. The van der Waals surface area contributed by atoms with Gasteiger partial charge >= 0.3 is 0 Å². The van der Waals surface area contributed by atoms with Gasteiger partial charge in [-0.2, -0.15) is 0 Å². The summed E-state index contributed by atoms with van der Waals surface area (Å²) in [7, 11) is 2.24. The minimum Gasteiger partial charge on any atom is -0.485 e. The average molecular weight is 399 g/mol. The third-order valence-electron chi connectivity index (χ3n) is 6.44. The molecule has 1 fully saturated rings. The number of hydrogen-bond donors (Lipinski definition) is 0. The third-order valence-corrected chi connectivity index (χ3v) is 7.44. The van der Waals surface area contributed by atoms with Crippen LogP contribution in [0.15, 0.2) is 35.7 Å². The zero-order valence-corrected chi connectivity index (χ0v) is 17.9. The second kappa shape index (κ2) is 7.88. The summed E-state index contributed by atoms with van der Waals surface area (Å²) in [6, 6.07) is 11.0. The summed E-state index contributed by atoms with van der Waals surface area (Å²) in [5, 5.41) is 2.18. The van der Waals surface area contributed by atoms with Crippen molar-refractivity contribution in [2.24, 2.45) is 0 Å². The number of carbonyl (C=O) groups is 1. The Morgan fingerprint density at radius 3 is 2.71 bits per heavy atom. The van der Waals surface area contributed by atoms with E-state index in [0.717, 1.165) is 43.5 Å². The first-order valence-electron chi connectivity index (χ1n) is 10.2. The molecule has 0 atom stereocenters. The monoisotopic (exact) mass is 398 g/mol. The topological polar surface area (TPSA) is 32.8 Å². The summed E-state index contributed by atoms with van der Waals surface area (Å²) in [5.41, 5.74) is 2.25. The van der Waals surface area contributed by atoms with E-state index in [1.807, 2.05) is 28.4 Å². The van der Waals surface area contributed by atoms with E-state index in [1.54, 1.807) is 6.92 Å². The fourth-order valence-electron chi connectivity index (χ4n) is 4.58. The molecular weight excluding hydrogens is 368 g/mol. The Balaban J connectivity index is 1.47. The molecule has 1 amide bonds. The molecule has 1 aliphatic carbocycles. The van der Waals surface area contributed by atoms with Gasteiger partial charge < -0.3 is 9.64 Å². The van der Waals surface area contributed by atoms with Crippen LogP contribution in [0.5, 0.6) is 5.75 Å². The maximum absolute atomic E-state index is 12.2. The van der Waals surface area contributed by atoms with E-state index in [-0.39, 0.29) is 11.5 Å². The molecule has 150 valence electrons. The van der Waals surface area contributed by atoms with Crippen LogP contribution in [0.2, 0.25) is 0 Å². The van der Waals surface area contributed by atoms with Gasteiger partial charge in [0.25, 0.3) is 0 Å². The molecule has 1 aromatic heterocycles. The molecule has 0 bridgehead atoms. The average Bonchev–Trinajstić information content (AvgIpc) is 2.99. The SMILES string of the molecule is CC(=O)N1Cc2ccccc2OC2(CCC(N(C)Cc3sccc3C)CC2)C1. The molecule has 5 heteroatoms. The highest BCUT2D eigenvalue weighted by Crippen LogP contribution is 2.39. The molecule has 0 radical (unpaired) electrons. The number of ether oxygens (including phenoxy) is 1. The highest BCUT2D eigenvalue weighted by atomic mass is 32.1. The van der Waals surface area contributed by atoms with Crippen molar-refractivity contribution in [1.82, 2.24) is 9.80 Å². The summed E-state index contributed by atoms with van der Waals surface area (Å²) in [6.45, 7) is 6.23. The van der Waals surface area contributed by atoms with E-state index in [4.69, 9.17) is 4.74 Å². The molecule has 1 aromatic carbocycles. The predicted molar refractivity (Wildman–Crippen MR) is 114 cm³/mol. The first-order chi connectivity index (χ1) is 13.5. The van der Waals surface area contributed by atoms with Crippen LogP contribution in [0.1, 0.15) is 48.6 Å². The number of amides is 1. The summed E-state index contributed by atoms with van der Waals surface area (Å²) < 4.78 is 6.61. The number of fused-ring (bicyclic) bond motifs is 1. The normalized spacial score (nSPS) is 24.7. The minimum atomic E-state index is -0.255. The van der Waals surface area contributed by atoms with Crippen LogP contribution < -0.4 is 4.74 Å². The molecule has 1 spiro atoms. The van der Waals surface area contributed by atoms with E-state index >= 15 is 0 Å². The Bertz CT molecular complexity index is 839. The van der Waals surface area contributed by atoms with Gasteiger partial charge in [0, 0.05) is 36.5 Å². The number of hydrogen-bond acceptors (Lipinski definition) is 4. The molecule has 2 aromatic rings.